The van der Waals surface area contributed by atoms with Crippen molar-refractivity contribution in [3.63, 3.8) is 0 Å². The molecule has 0 aliphatic rings. The summed E-state index contributed by atoms with van der Waals surface area (Å²) < 4.78 is 0. The zero-order valence-electron chi connectivity index (χ0n) is 16.8. The summed E-state index contributed by atoms with van der Waals surface area (Å²) in [5, 5.41) is 8.89. The fourth-order valence-electron chi connectivity index (χ4n) is 2.43. The van der Waals surface area contributed by atoms with Crippen LogP contribution in [0.25, 0.3) is 0 Å². The first-order valence-corrected chi connectivity index (χ1v) is 10.0. The third-order valence-electron chi connectivity index (χ3n) is 4.01. The number of nitrogens with zero attached hydrogens (tertiary/aromatic N) is 1. The molecule has 0 aromatic carbocycles. The Balaban J connectivity index is 3.59. The Hall–Kier alpha value is -1.87. The lowest BCUT2D eigenvalue weighted by Crippen LogP contribution is -2.45. The summed E-state index contributed by atoms with van der Waals surface area (Å²) in [7, 11) is 0. The second kappa shape index (κ2) is 17.5. The lowest BCUT2D eigenvalue weighted by atomic mass is 10.1. The number of nitrogens with two attached hydrogens (primary N) is 3. The molecule has 0 aliphatic heterocycles. The van der Waals surface area contributed by atoms with Crippen molar-refractivity contribution in [1.82, 2.24) is 16.0 Å². The van der Waals surface area contributed by atoms with Gasteiger partial charge in [0.2, 0.25) is 11.8 Å². The molecule has 0 heterocycles. The van der Waals surface area contributed by atoms with Crippen molar-refractivity contribution in [3.05, 3.63) is 0 Å². The number of guanidine groups is 1. The Morgan fingerprint density at radius 2 is 1.59 bits per heavy atom. The molecule has 0 fully saturated rings. The van der Waals surface area contributed by atoms with Crippen LogP contribution in [0.3, 0.4) is 0 Å². The Morgan fingerprint density at radius 1 is 0.926 bits per heavy atom. The molecule has 0 radical (unpaired) electrons. The maximum atomic E-state index is 12.0. The van der Waals surface area contributed by atoms with Gasteiger partial charge in [-0.1, -0.05) is 12.8 Å². The van der Waals surface area contributed by atoms with Gasteiger partial charge < -0.3 is 33.2 Å². The van der Waals surface area contributed by atoms with Crippen molar-refractivity contribution < 1.29 is 9.59 Å². The largest absolute Gasteiger partial charge is 0.370 e. The molecule has 158 valence electrons. The molecule has 0 aromatic rings. The molecule has 27 heavy (non-hydrogen) atoms. The van der Waals surface area contributed by atoms with Gasteiger partial charge in [-0.05, 0) is 58.7 Å². The van der Waals surface area contributed by atoms with Crippen LogP contribution in [0.4, 0.5) is 0 Å². The Labute approximate surface area is 163 Å². The number of aliphatic imine (C=N–C) groups is 1. The van der Waals surface area contributed by atoms with Crippen molar-refractivity contribution in [2.75, 3.05) is 32.7 Å². The normalized spacial score (nSPS) is 11.6. The van der Waals surface area contributed by atoms with E-state index in [9.17, 15) is 9.59 Å². The number of carbonyl (C=O) groups is 2. The number of rotatable bonds is 17. The van der Waals surface area contributed by atoms with E-state index in [1.165, 1.54) is 0 Å². The number of hydrogen-bond acceptors (Lipinski definition) is 5. The molecule has 0 saturated heterocycles. The van der Waals surface area contributed by atoms with E-state index in [0.717, 1.165) is 58.0 Å². The molecule has 9 N–H and O–H groups in total. The number of hydrogen-bond donors (Lipinski definition) is 6. The van der Waals surface area contributed by atoms with E-state index in [0.29, 0.717) is 26.1 Å². The summed E-state index contributed by atoms with van der Waals surface area (Å²) >= 11 is 0. The molecule has 0 spiro atoms. The molecular weight excluding hydrogens is 346 g/mol. The fraction of sp³-hybridized carbons (Fsp3) is 0.833. The average Bonchev–Trinajstić information content (AvgIpc) is 2.62. The predicted octanol–water partition coefficient (Wildman–Crippen LogP) is -0.450. The zero-order valence-corrected chi connectivity index (χ0v) is 16.8. The Bertz CT molecular complexity index is 426. The molecular formula is C18H39N7O2. The van der Waals surface area contributed by atoms with E-state index in [1.807, 2.05) is 0 Å². The second-order valence-electron chi connectivity index (χ2n) is 6.65. The van der Waals surface area contributed by atoms with Crippen molar-refractivity contribution in [2.45, 2.75) is 64.3 Å². The Kier molecular flexibility index (Phi) is 16.3. The van der Waals surface area contributed by atoms with E-state index in [1.54, 1.807) is 6.92 Å². The number of carbonyl (C=O) groups excluding carboxylic acids is 2. The van der Waals surface area contributed by atoms with Gasteiger partial charge in [0.25, 0.3) is 0 Å². The highest BCUT2D eigenvalue weighted by Crippen LogP contribution is 2.03. The minimum Gasteiger partial charge on any atom is -0.370 e. The standard InChI is InChI=1S/C18H39N7O2/c1-15(17(27)23-13-7-6-11-22-12-8-10-19)25-16(26)9-4-2-3-5-14-24-18(20)21/h15,22H,2-14,19H2,1H3,(H,23,27)(H,25,26)(H4,20,21,24)/t15-/m0/s1. The van der Waals surface area contributed by atoms with Crippen LogP contribution in [0.2, 0.25) is 0 Å². The third kappa shape index (κ3) is 17.3. The molecule has 0 aliphatic carbocycles. The monoisotopic (exact) mass is 385 g/mol. The molecule has 0 saturated carbocycles. The van der Waals surface area contributed by atoms with Crippen LogP contribution < -0.4 is 33.2 Å². The maximum absolute atomic E-state index is 12.0. The third-order valence-corrected chi connectivity index (χ3v) is 4.01. The average molecular weight is 386 g/mol. The van der Waals surface area contributed by atoms with E-state index < -0.39 is 6.04 Å². The quantitative estimate of drug-likeness (QED) is 0.113. The first-order chi connectivity index (χ1) is 13.0. The molecule has 0 bridgehead atoms. The zero-order chi connectivity index (χ0) is 20.3. The van der Waals surface area contributed by atoms with Gasteiger partial charge in [-0.25, -0.2) is 0 Å². The van der Waals surface area contributed by atoms with Gasteiger partial charge in [-0.3, -0.25) is 14.6 Å². The van der Waals surface area contributed by atoms with Crippen molar-refractivity contribution in [3.8, 4) is 0 Å². The van der Waals surface area contributed by atoms with Crippen LogP contribution in [0.1, 0.15) is 58.3 Å². The lowest BCUT2D eigenvalue weighted by Gasteiger charge is -2.14. The van der Waals surface area contributed by atoms with Crippen LogP contribution in [-0.4, -0.2) is 56.5 Å². The first kappa shape index (κ1) is 25.1. The van der Waals surface area contributed by atoms with Crippen molar-refractivity contribution >= 4 is 17.8 Å². The summed E-state index contributed by atoms with van der Waals surface area (Å²) in [4.78, 5) is 27.8. The highest BCUT2D eigenvalue weighted by molar-refractivity contribution is 5.87. The van der Waals surface area contributed by atoms with Crippen molar-refractivity contribution in [2.24, 2.45) is 22.2 Å². The minimum absolute atomic E-state index is 0.0917. The van der Waals surface area contributed by atoms with Crippen LogP contribution in [0, 0.1) is 0 Å². The van der Waals surface area contributed by atoms with Gasteiger partial charge in [0.15, 0.2) is 5.96 Å². The van der Waals surface area contributed by atoms with E-state index >= 15 is 0 Å². The summed E-state index contributed by atoms with van der Waals surface area (Å²) in [5.74, 6) is -0.122. The van der Waals surface area contributed by atoms with Crippen LogP contribution in [-0.2, 0) is 9.59 Å². The topological polar surface area (TPSA) is 161 Å². The molecule has 1 atom stereocenters. The van der Waals surface area contributed by atoms with Gasteiger partial charge in [-0.15, -0.1) is 0 Å². The number of nitrogens with one attached hydrogen (secondary N) is 3. The van der Waals surface area contributed by atoms with Crippen molar-refractivity contribution in [1.29, 1.82) is 0 Å². The number of unbranched alkanes of at least 4 members (excludes halogenated alkanes) is 4. The highest BCUT2D eigenvalue weighted by Gasteiger charge is 2.14. The summed E-state index contributed by atoms with van der Waals surface area (Å²) in [6.45, 7) is 5.50. The van der Waals surface area contributed by atoms with Gasteiger partial charge in [0.05, 0.1) is 0 Å². The van der Waals surface area contributed by atoms with Gasteiger partial charge in [0, 0.05) is 19.5 Å². The highest BCUT2D eigenvalue weighted by atomic mass is 16.2. The Morgan fingerprint density at radius 3 is 2.30 bits per heavy atom. The molecule has 9 heteroatoms. The van der Waals surface area contributed by atoms with Crippen LogP contribution in [0.15, 0.2) is 4.99 Å². The molecule has 0 rings (SSSR count). The van der Waals surface area contributed by atoms with Crippen LogP contribution >= 0.6 is 0 Å². The second-order valence-corrected chi connectivity index (χ2v) is 6.65. The van der Waals surface area contributed by atoms with Crippen LogP contribution in [0.5, 0.6) is 0 Å². The molecule has 0 aromatic heterocycles. The van der Waals surface area contributed by atoms with Gasteiger partial charge in [0.1, 0.15) is 6.04 Å². The minimum atomic E-state index is -0.512. The summed E-state index contributed by atoms with van der Waals surface area (Å²) in [6, 6.07) is -0.512. The summed E-state index contributed by atoms with van der Waals surface area (Å²) in [5.41, 5.74) is 15.9. The smallest absolute Gasteiger partial charge is 0.242 e. The van der Waals surface area contributed by atoms with E-state index in [4.69, 9.17) is 17.2 Å². The summed E-state index contributed by atoms with van der Waals surface area (Å²) in [6.07, 6.45) is 6.91. The fourth-order valence-corrected chi connectivity index (χ4v) is 2.43. The molecule has 2 amide bonds. The van der Waals surface area contributed by atoms with E-state index in [2.05, 4.69) is 20.9 Å². The maximum Gasteiger partial charge on any atom is 0.242 e. The number of amides is 2. The molecule has 0 unspecified atom stereocenters. The van der Waals surface area contributed by atoms with Gasteiger partial charge in [-0.2, -0.15) is 0 Å². The van der Waals surface area contributed by atoms with Gasteiger partial charge >= 0.3 is 0 Å². The van der Waals surface area contributed by atoms with E-state index in [-0.39, 0.29) is 17.8 Å². The molecule has 9 nitrogen and oxygen atoms in total. The first-order valence-electron chi connectivity index (χ1n) is 10.0. The lowest BCUT2D eigenvalue weighted by molar-refractivity contribution is -0.128. The SMILES string of the molecule is C[C@H](NC(=O)CCCCCCN=C(N)N)C(=O)NCCCCNCCCN. The predicted molar refractivity (Wildman–Crippen MR) is 110 cm³/mol.